The second-order valence-corrected chi connectivity index (χ2v) is 6.23. The highest BCUT2D eigenvalue weighted by atomic mass is 16.3. The van der Waals surface area contributed by atoms with Gasteiger partial charge in [0.15, 0.2) is 17.8 Å². The van der Waals surface area contributed by atoms with Crippen LogP contribution in [0.15, 0.2) is 59.5 Å². The summed E-state index contributed by atoms with van der Waals surface area (Å²) in [6, 6.07) is 14.1. The number of nitrogens with zero attached hydrogens (tertiary/aromatic N) is 4. The minimum atomic E-state index is 0.526. The van der Waals surface area contributed by atoms with E-state index in [2.05, 4.69) is 25.8 Å². The lowest BCUT2D eigenvalue weighted by Gasteiger charge is -2.23. The summed E-state index contributed by atoms with van der Waals surface area (Å²) in [5.74, 6) is 2.36. The van der Waals surface area contributed by atoms with E-state index in [-0.39, 0.29) is 0 Å². The van der Waals surface area contributed by atoms with Crippen LogP contribution in [0.25, 0.3) is 28.2 Å². The third-order valence-corrected chi connectivity index (χ3v) is 4.78. The van der Waals surface area contributed by atoms with Gasteiger partial charge in [0, 0.05) is 23.2 Å². The highest BCUT2D eigenvalue weighted by Crippen LogP contribution is 2.36. The van der Waals surface area contributed by atoms with Crippen molar-refractivity contribution in [3.63, 3.8) is 0 Å². The molecule has 1 saturated carbocycles. The number of fused-ring (bicyclic) bond motifs is 1. The number of oxazole rings is 1. The topological polar surface area (TPSA) is 56.2 Å². The van der Waals surface area contributed by atoms with Crippen molar-refractivity contribution >= 4 is 5.65 Å². The third-order valence-electron chi connectivity index (χ3n) is 4.78. The van der Waals surface area contributed by atoms with Crippen LogP contribution in [0.4, 0.5) is 0 Å². The minimum absolute atomic E-state index is 0.526. The summed E-state index contributed by atoms with van der Waals surface area (Å²) in [4.78, 5) is 4.41. The molecular weight excluding hydrogens is 300 g/mol. The van der Waals surface area contributed by atoms with Gasteiger partial charge in [0.2, 0.25) is 0 Å². The molecule has 0 amide bonds. The monoisotopic (exact) mass is 316 g/mol. The van der Waals surface area contributed by atoms with Crippen LogP contribution < -0.4 is 0 Å². The maximum absolute atomic E-state index is 5.71. The lowest BCUT2D eigenvalue weighted by molar-refractivity contribution is 0.399. The summed E-state index contributed by atoms with van der Waals surface area (Å²) >= 11 is 0. The number of aromatic nitrogens is 4. The number of benzene rings is 1. The number of hydrogen-bond acceptors (Lipinski definition) is 4. The highest BCUT2D eigenvalue weighted by Gasteiger charge is 2.25. The van der Waals surface area contributed by atoms with Gasteiger partial charge in [0.25, 0.3) is 0 Å². The van der Waals surface area contributed by atoms with E-state index in [1.54, 1.807) is 0 Å². The summed E-state index contributed by atoms with van der Waals surface area (Å²) in [7, 11) is 0. The molecule has 5 heteroatoms. The van der Waals surface area contributed by atoms with Crippen molar-refractivity contribution in [3.8, 4) is 22.6 Å². The molecule has 0 unspecified atom stereocenters. The van der Waals surface area contributed by atoms with Crippen molar-refractivity contribution in [1.29, 1.82) is 0 Å². The molecule has 3 heterocycles. The number of pyridine rings is 1. The van der Waals surface area contributed by atoms with Gasteiger partial charge in [-0.1, -0.05) is 36.8 Å². The first-order valence-corrected chi connectivity index (χ1v) is 8.24. The fourth-order valence-corrected chi connectivity index (χ4v) is 3.24. The van der Waals surface area contributed by atoms with Crippen molar-refractivity contribution < 1.29 is 4.42 Å². The van der Waals surface area contributed by atoms with E-state index in [1.807, 2.05) is 42.5 Å². The zero-order chi connectivity index (χ0) is 15.9. The summed E-state index contributed by atoms with van der Waals surface area (Å²) in [6.07, 6.45) is 7.24. The molecule has 1 fully saturated rings. The molecule has 0 spiro atoms. The van der Waals surface area contributed by atoms with Crippen LogP contribution in [0, 0.1) is 0 Å². The van der Waals surface area contributed by atoms with Gasteiger partial charge in [0.1, 0.15) is 11.5 Å². The summed E-state index contributed by atoms with van der Waals surface area (Å²) in [6.45, 7) is 0. The normalized spacial score (nSPS) is 14.8. The second kappa shape index (κ2) is 5.30. The van der Waals surface area contributed by atoms with Gasteiger partial charge in [-0.3, -0.25) is 4.40 Å². The van der Waals surface area contributed by atoms with E-state index in [0.717, 1.165) is 34.1 Å². The Labute approximate surface area is 139 Å². The molecule has 118 valence electrons. The molecule has 0 bridgehead atoms. The van der Waals surface area contributed by atoms with Crippen LogP contribution in [0.5, 0.6) is 0 Å². The molecule has 0 saturated heterocycles. The lowest BCUT2D eigenvalue weighted by atomic mass is 9.85. The number of hydrogen-bond donors (Lipinski definition) is 0. The average molecular weight is 316 g/mol. The molecule has 5 rings (SSSR count). The van der Waals surface area contributed by atoms with Crippen LogP contribution in [0.2, 0.25) is 0 Å². The molecule has 1 aromatic carbocycles. The molecule has 4 aromatic rings. The van der Waals surface area contributed by atoms with E-state index in [4.69, 9.17) is 4.42 Å². The van der Waals surface area contributed by atoms with Crippen molar-refractivity contribution in [2.75, 3.05) is 0 Å². The Hall–Kier alpha value is -2.95. The molecule has 1 aliphatic rings. The Morgan fingerprint density at radius 2 is 1.83 bits per heavy atom. The van der Waals surface area contributed by atoms with E-state index in [9.17, 15) is 0 Å². The van der Waals surface area contributed by atoms with Gasteiger partial charge in [-0.25, -0.2) is 4.98 Å². The Morgan fingerprint density at radius 3 is 2.62 bits per heavy atom. The first kappa shape index (κ1) is 13.5. The van der Waals surface area contributed by atoms with Gasteiger partial charge in [-0.05, 0) is 25.0 Å². The smallest absolute Gasteiger partial charge is 0.182 e. The average Bonchev–Trinajstić information content (AvgIpc) is 3.21. The van der Waals surface area contributed by atoms with E-state index < -0.39 is 0 Å². The van der Waals surface area contributed by atoms with Gasteiger partial charge in [-0.2, -0.15) is 0 Å². The maximum atomic E-state index is 5.71. The molecule has 1 aliphatic carbocycles. The highest BCUT2D eigenvalue weighted by molar-refractivity contribution is 5.76. The lowest BCUT2D eigenvalue weighted by Crippen LogP contribution is -2.12. The standard InChI is InChI=1S/C19H16N4O/c1-2-5-13(6-3-1)17-18(24-12-20-17)15-9-10-16-21-22-19(23(16)11-15)14-7-4-8-14/h1-3,5-6,9-12,14H,4,7-8H2. The molecule has 3 aromatic heterocycles. The van der Waals surface area contributed by atoms with Crippen LogP contribution in [0.1, 0.15) is 31.0 Å². The van der Waals surface area contributed by atoms with E-state index in [1.165, 1.54) is 25.7 Å². The minimum Gasteiger partial charge on any atom is -0.443 e. The first-order valence-electron chi connectivity index (χ1n) is 8.24. The summed E-state index contributed by atoms with van der Waals surface area (Å²) in [5.41, 5.74) is 3.76. The van der Waals surface area contributed by atoms with Crippen LogP contribution in [-0.2, 0) is 0 Å². The fraction of sp³-hybridized carbons (Fsp3) is 0.211. The maximum Gasteiger partial charge on any atom is 0.182 e. The largest absolute Gasteiger partial charge is 0.443 e. The van der Waals surface area contributed by atoms with Gasteiger partial charge in [-0.15, -0.1) is 10.2 Å². The van der Waals surface area contributed by atoms with Crippen LogP contribution in [0.3, 0.4) is 0 Å². The van der Waals surface area contributed by atoms with E-state index >= 15 is 0 Å². The van der Waals surface area contributed by atoms with Crippen LogP contribution in [-0.4, -0.2) is 19.6 Å². The SMILES string of the molecule is c1ccc(-c2ncoc2-c2ccc3nnc(C4CCC4)n3c2)cc1. The number of rotatable bonds is 3. The molecule has 0 radical (unpaired) electrons. The van der Waals surface area contributed by atoms with Crippen molar-refractivity contribution in [3.05, 3.63) is 60.9 Å². The Kier molecular flexibility index (Phi) is 2.98. The van der Waals surface area contributed by atoms with Gasteiger partial charge < -0.3 is 4.42 Å². The van der Waals surface area contributed by atoms with Crippen LogP contribution >= 0.6 is 0 Å². The fourth-order valence-electron chi connectivity index (χ4n) is 3.24. The van der Waals surface area contributed by atoms with Crippen molar-refractivity contribution in [2.24, 2.45) is 0 Å². The quantitative estimate of drug-likeness (QED) is 0.565. The third kappa shape index (κ3) is 2.05. The van der Waals surface area contributed by atoms with Gasteiger partial charge in [0.05, 0.1) is 0 Å². The summed E-state index contributed by atoms with van der Waals surface area (Å²) < 4.78 is 7.80. The Morgan fingerprint density at radius 1 is 0.958 bits per heavy atom. The first-order chi connectivity index (χ1) is 11.9. The zero-order valence-electron chi connectivity index (χ0n) is 13.1. The van der Waals surface area contributed by atoms with Crippen molar-refractivity contribution in [2.45, 2.75) is 25.2 Å². The predicted octanol–water partition coefficient (Wildman–Crippen LogP) is 4.32. The molecule has 0 N–H and O–H groups in total. The Balaban J connectivity index is 1.64. The molecular formula is C19H16N4O. The molecule has 0 aliphatic heterocycles. The molecule has 5 nitrogen and oxygen atoms in total. The molecule has 0 atom stereocenters. The zero-order valence-corrected chi connectivity index (χ0v) is 13.1. The van der Waals surface area contributed by atoms with E-state index in [0.29, 0.717) is 5.92 Å². The Bertz CT molecular complexity index is 999. The van der Waals surface area contributed by atoms with Crippen molar-refractivity contribution in [1.82, 2.24) is 19.6 Å². The molecule has 24 heavy (non-hydrogen) atoms. The predicted molar refractivity (Wildman–Crippen MR) is 90.5 cm³/mol. The second-order valence-electron chi connectivity index (χ2n) is 6.23. The van der Waals surface area contributed by atoms with Gasteiger partial charge >= 0.3 is 0 Å². The summed E-state index contributed by atoms with van der Waals surface area (Å²) in [5, 5.41) is 8.68.